The van der Waals surface area contributed by atoms with E-state index in [1.54, 1.807) is 44.3 Å². The molecule has 3 aromatic rings. The summed E-state index contributed by atoms with van der Waals surface area (Å²) in [6, 6.07) is 17.7. The first-order valence-corrected chi connectivity index (χ1v) is 16.8. The van der Waals surface area contributed by atoms with Gasteiger partial charge in [0.15, 0.2) is 4.87 Å². The first kappa shape index (κ1) is 35.7. The average Bonchev–Trinajstić information content (AvgIpc) is 3.44. The lowest BCUT2D eigenvalue weighted by Crippen LogP contribution is -2.57. The van der Waals surface area contributed by atoms with Crippen molar-refractivity contribution < 1.29 is 37.4 Å². The molecule has 0 bridgehead atoms. The maximum absolute atomic E-state index is 13.2. The largest absolute Gasteiger partial charge is 0.479 e. The molecule has 1 saturated heterocycles. The highest BCUT2D eigenvalue weighted by molar-refractivity contribution is 7.91. The molecule has 13 nitrogen and oxygen atoms in total. The number of likely N-dealkylation sites (tertiary alicyclic amines) is 1. The highest BCUT2D eigenvalue weighted by Crippen LogP contribution is 2.25. The Morgan fingerprint density at radius 1 is 1.06 bits per heavy atom. The number of rotatable bonds is 14. The molecule has 252 valence electrons. The number of thiol groups is 1. The second-order valence-corrected chi connectivity index (χ2v) is 13.8. The zero-order valence-corrected chi connectivity index (χ0v) is 28.0. The summed E-state index contributed by atoms with van der Waals surface area (Å²) in [5.74, 6) is -1.66. The lowest BCUT2D eigenvalue weighted by atomic mass is 10.1. The van der Waals surface area contributed by atoms with Crippen LogP contribution < -0.4 is 15.4 Å². The molecule has 2 heterocycles. The monoisotopic (exact) mass is 685 g/mol. The van der Waals surface area contributed by atoms with Crippen molar-refractivity contribution in [3.63, 3.8) is 0 Å². The van der Waals surface area contributed by atoms with E-state index in [0.717, 1.165) is 11.1 Å². The van der Waals surface area contributed by atoms with E-state index in [0.29, 0.717) is 29.9 Å². The number of carboxylic acid groups (broad SMARTS) is 1. The Hall–Kier alpha value is -4.18. The number of sulfonamides is 1. The smallest absolute Gasteiger partial charge is 0.410 e. The molecule has 0 aliphatic carbocycles. The van der Waals surface area contributed by atoms with Gasteiger partial charge in [-0.05, 0) is 56.0 Å². The molecule has 4 rings (SSSR count). The molecule has 0 unspecified atom stereocenters. The van der Waals surface area contributed by atoms with E-state index in [4.69, 9.17) is 9.47 Å². The third kappa shape index (κ3) is 9.67. The molecule has 0 radical (unpaired) electrons. The van der Waals surface area contributed by atoms with E-state index in [2.05, 4.69) is 33.0 Å². The summed E-state index contributed by atoms with van der Waals surface area (Å²) in [7, 11) is -4.33. The Kier molecular flexibility index (Phi) is 11.8. The Morgan fingerprint density at radius 3 is 2.38 bits per heavy atom. The van der Waals surface area contributed by atoms with E-state index in [-0.39, 0.29) is 24.1 Å². The number of hydrogen-bond acceptors (Lipinski definition) is 10. The maximum atomic E-state index is 13.2. The number of carbonyl (C=O) groups excluding carboxylic acids is 2. The minimum absolute atomic E-state index is 0.0578. The predicted molar refractivity (Wildman–Crippen MR) is 178 cm³/mol. The highest BCUT2D eigenvalue weighted by Gasteiger charge is 2.41. The van der Waals surface area contributed by atoms with Gasteiger partial charge in [0.1, 0.15) is 19.0 Å². The van der Waals surface area contributed by atoms with Crippen molar-refractivity contribution in [1.82, 2.24) is 19.9 Å². The maximum Gasteiger partial charge on any atom is 0.410 e. The second kappa shape index (κ2) is 15.6. The highest BCUT2D eigenvalue weighted by atomic mass is 32.2. The molecule has 2 amide bonds. The summed E-state index contributed by atoms with van der Waals surface area (Å²) in [6.07, 6.45) is 0.956. The lowest BCUT2D eigenvalue weighted by molar-refractivity contribution is -0.140. The van der Waals surface area contributed by atoms with E-state index in [1.807, 2.05) is 43.3 Å². The van der Waals surface area contributed by atoms with Crippen LogP contribution in [0.4, 0.5) is 10.6 Å². The molecule has 4 N–H and O–H groups in total. The van der Waals surface area contributed by atoms with Gasteiger partial charge < -0.3 is 30.1 Å². The number of nitrogens with one attached hydrogen (secondary N) is 3. The van der Waals surface area contributed by atoms with Crippen LogP contribution in [0.3, 0.4) is 0 Å². The number of aliphatic carboxylic acids is 1. The van der Waals surface area contributed by atoms with Crippen LogP contribution in [-0.4, -0.2) is 84.6 Å². The number of carboxylic acids is 1. The van der Waals surface area contributed by atoms with Crippen molar-refractivity contribution >= 4 is 46.4 Å². The van der Waals surface area contributed by atoms with E-state index >= 15 is 0 Å². The molecule has 3 atom stereocenters. The van der Waals surface area contributed by atoms with Crippen LogP contribution >= 0.6 is 12.6 Å². The third-order valence-electron chi connectivity index (χ3n) is 7.52. The Labute approximate surface area is 279 Å². The van der Waals surface area contributed by atoms with Gasteiger partial charge >= 0.3 is 12.1 Å². The number of ether oxygens (including phenoxy) is 2. The van der Waals surface area contributed by atoms with Crippen LogP contribution in [0.5, 0.6) is 0 Å². The van der Waals surface area contributed by atoms with Crippen molar-refractivity contribution in [2.24, 2.45) is 0 Å². The summed E-state index contributed by atoms with van der Waals surface area (Å²) in [5, 5.41) is 15.5. The fourth-order valence-corrected chi connectivity index (χ4v) is 7.51. The molecular weight excluding hydrogens is 647 g/mol. The molecule has 1 fully saturated rings. The van der Waals surface area contributed by atoms with Gasteiger partial charge in [0.05, 0.1) is 30.1 Å². The average molecular weight is 686 g/mol. The summed E-state index contributed by atoms with van der Waals surface area (Å²) >= 11 is 4.11. The van der Waals surface area contributed by atoms with Crippen molar-refractivity contribution in [3.8, 4) is 0 Å². The molecule has 2 aromatic carbocycles. The van der Waals surface area contributed by atoms with Gasteiger partial charge in [-0.1, -0.05) is 54.1 Å². The first-order chi connectivity index (χ1) is 22.3. The van der Waals surface area contributed by atoms with Gasteiger partial charge in [-0.2, -0.15) is 4.72 Å². The number of hydrogen-bond donors (Lipinski definition) is 5. The van der Waals surface area contributed by atoms with Crippen LogP contribution in [-0.2, 0) is 35.7 Å². The van der Waals surface area contributed by atoms with Gasteiger partial charge in [-0.3, -0.25) is 4.79 Å². The van der Waals surface area contributed by atoms with Crippen LogP contribution in [0, 0.1) is 20.8 Å². The summed E-state index contributed by atoms with van der Waals surface area (Å²) in [6.45, 7) is 4.50. The van der Waals surface area contributed by atoms with Gasteiger partial charge in [-0.25, -0.2) is 23.0 Å². The Balaban J connectivity index is 1.35. The molecule has 1 aromatic heterocycles. The lowest BCUT2D eigenvalue weighted by Gasteiger charge is -2.26. The predicted octanol–water partition coefficient (Wildman–Crippen LogP) is 3.02. The fraction of sp³-hybridized carbons (Fsp3) is 0.375. The molecule has 47 heavy (non-hydrogen) atoms. The number of pyridine rings is 1. The zero-order valence-electron chi connectivity index (χ0n) is 26.3. The number of carbonyl (C=O) groups is 3. The number of benzene rings is 2. The number of nitrogens with zero attached hydrogens (tertiary/aromatic N) is 2. The standard InChI is InChI=1S/C32H39N5O8S2/c1-21-13-22(2)29(23(3)14-21)47(42,43)36-32(46,30(39)40)20-35-28(38)19-44-26-15-25(16-34-27-11-7-8-12-33-27)37(17-26)31(41)45-18-24-9-5-4-6-10-24/h4-14,25-26,36,46H,15-20H2,1-3H3,(H,33,34)(H,35,38)(H,39,40)/t25-,26+,32-/m0/s1. The third-order valence-corrected chi connectivity index (χ3v) is 9.93. The van der Waals surface area contributed by atoms with Crippen molar-refractivity contribution in [2.75, 3.05) is 31.6 Å². The molecule has 1 aliphatic rings. The van der Waals surface area contributed by atoms with Crippen LogP contribution in [0.2, 0.25) is 0 Å². The van der Waals surface area contributed by atoms with E-state index in [1.165, 1.54) is 4.90 Å². The van der Waals surface area contributed by atoms with E-state index in [9.17, 15) is 27.9 Å². The van der Waals surface area contributed by atoms with Crippen molar-refractivity contribution in [1.29, 1.82) is 0 Å². The molecule has 0 spiro atoms. The Bertz CT molecular complexity index is 1650. The topological polar surface area (TPSA) is 176 Å². The van der Waals surface area contributed by atoms with Gasteiger partial charge in [0.25, 0.3) is 0 Å². The number of aromatic nitrogens is 1. The van der Waals surface area contributed by atoms with Crippen LogP contribution in [0.15, 0.2) is 71.8 Å². The van der Waals surface area contributed by atoms with Gasteiger partial charge in [0, 0.05) is 12.7 Å². The minimum atomic E-state index is -4.33. The molecule has 0 saturated carbocycles. The summed E-state index contributed by atoms with van der Waals surface area (Å²) in [4.78, 5) is 41.3. The Morgan fingerprint density at radius 2 is 1.74 bits per heavy atom. The van der Waals surface area contributed by atoms with Crippen LogP contribution in [0.1, 0.15) is 28.7 Å². The number of amides is 2. The summed E-state index contributed by atoms with van der Waals surface area (Å²) < 4.78 is 39.9. The summed E-state index contributed by atoms with van der Waals surface area (Å²) in [5.41, 5.74) is 2.57. The van der Waals surface area contributed by atoms with Gasteiger partial charge in [0.2, 0.25) is 15.9 Å². The first-order valence-electron chi connectivity index (χ1n) is 14.9. The minimum Gasteiger partial charge on any atom is -0.479 e. The fourth-order valence-electron chi connectivity index (χ4n) is 5.39. The molecule has 15 heteroatoms. The normalized spacial score (nSPS) is 17.5. The number of aryl methyl sites for hydroxylation is 3. The van der Waals surface area contributed by atoms with Crippen molar-refractivity contribution in [3.05, 3.63) is 89.1 Å². The number of anilines is 1. The molecular formula is C32H39N5O8S2. The van der Waals surface area contributed by atoms with Crippen molar-refractivity contribution in [2.45, 2.75) is 55.7 Å². The van der Waals surface area contributed by atoms with E-state index < -0.39 is 52.1 Å². The van der Waals surface area contributed by atoms with Crippen LogP contribution in [0.25, 0.3) is 0 Å². The zero-order chi connectivity index (χ0) is 34.2. The quantitative estimate of drug-likeness (QED) is 0.125. The second-order valence-electron chi connectivity index (χ2n) is 11.4. The molecule has 1 aliphatic heterocycles. The SMILES string of the molecule is Cc1cc(C)c(S(=O)(=O)N[C@](S)(CNC(=O)CO[C@@H]2C[C@@H](CNc3ccccn3)N(C(=O)OCc3ccccc3)C2)C(=O)O)c(C)c1. The van der Waals surface area contributed by atoms with Gasteiger partial charge in [-0.15, -0.1) is 12.6 Å².